The number of rotatable bonds is 4. The van der Waals surface area contributed by atoms with Gasteiger partial charge < -0.3 is 19.1 Å². The SMILES string of the molecule is COc1cc(C(=O)N(C)Cc2nc3ccccc3s2)cc2c1OCCO2. The van der Waals surface area contributed by atoms with Gasteiger partial charge in [-0.15, -0.1) is 11.3 Å². The zero-order valence-electron chi connectivity index (χ0n) is 14.5. The lowest BCUT2D eigenvalue weighted by Gasteiger charge is -2.22. The van der Waals surface area contributed by atoms with Gasteiger partial charge in [0.05, 0.1) is 23.9 Å². The number of nitrogens with zero attached hydrogens (tertiary/aromatic N) is 2. The summed E-state index contributed by atoms with van der Waals surface area (Å²) in [5, 5.41) is 0.895. The summed E-state index contributed by atoms with van der Waals surface area (Å²) in [6.07, 6.45) is 0. The number of methoxy groups -OCH3 is 1. The number of hydrogen-bond acceptors (Lipinski definition) is 6. The van der Waals surface area contributed by atoms with Crippen LogP contribution in [0.3, 0.4) is 0 Å². The summed E-state index contributed by atoms with van der Waals surface area (Å²) in [7, 11) is 3.31. The van der Waals surface area contributed by atoms with Crippen molar-refractivity contribution in [2.75, 3.05) is 27.4 Å². The van der Waals surface area contributed by atoms with Gasteiger partial charge in [0, 0.05) is 12.6 Å². The zero-order valence-corrected chi connectivity index (χ0v) is 15.3. The number of aromatic nitrogens is 1. The summed E-state index contributed by atoms with van der Waals surface area (Å²) < 4.78 is 17.7. The van der Waals surface area contributed by atoms with Crippen molar-refractivity contribution in [3.05, 3.63) is 47.0 Å². The van der Waals surface area contributed by atoms with Gasteiger partial charge in [-0.3, -0.25) is 4.79 Å². The number of benzene rings is 2. The van der Waals surface area contributed by atoms with Crippen LogP contribution in [0.4, 0.5) is 0 Å². The third-order valence-corrected chi connectivity index (χ3v) is 5.15. The Bertz CT molecular complexity index is 919. The van der Waals surface area contributed by atoms with E-state index in [-0.39, 0.29) is 5.91 Å². The van der Waals surface area contributed by atoms with E-state index in [1.54, 1.807) is 42.5 Å². The lowest BCUT2D eigenvalue weighted by Crippen LogP contribution is -2.26. The smallest absolute Gasteiger partial charge is 0.254 e. The van der Waals surface area contributed by atoms with Crippen molar-refractivity contribution in [3.63, 3.8) is 0 Å². The molecular formula is C19H18N2O4S. The van der Waals surface area contributed by atoms with Crippen LogP contribution in [0.15, 0.2) is 36.4 Å². The Balaban J connectivity index is 1.58. The summed E-state index contributed by atoms with van der Waals surface area (Å²) in [5.41, 5.74) is 1.45. The summed E-state index contributed by atoms with van der Waals surface area (Å²) in [6.45, 7) is 1.36. The maximum Gasteiger partial charge on any atom is 0.254 e. The van der Waals surface area contributed by atoms with Gasteiger partial charge >= 0.3 is 0 Å². The van der Waals surface area contributed by atoms with Crippen molar-refractivity contribution in [1.29, 1.82) is 0 Å². The molecule has 0 atom stereocenters. The third-order valence-electron chi connectivity index (χ3n) is 4.13. The molecule has 0 radical (unpaired) electrons. The van der Waals surface area contributed by atoms with Crippen LogP contribution in [-0.2, 0) is 6.54 Å². The van der Waals surface area contributed by atoms with Crippen LogP contribution >= 0.6 is 11.3 Å². The first-order valence-electron chi connectivity index (χ1n) is 8.23. The normalized spacial score (nSPS) is 12.8. The van der Waals surface area contributed by atoms with Crippen LogP contribution in [-0.4, -0.2) is 43.2 Å². The van der Waals surface area contributed by atoms with E-state index < -0.39 is 0 Å². The second kappa shape index (κ2) is 6.84. The molecule has 0 saturated heterocycles. The molecule has 6 nitrogen and oxygen atoms in total. The Hall–Kier alpha value is -2.80. The van der Waals surface area contributed by atoms with E-state index in [2.05, 4.69) is 4.98 Å². The summed E-state index contributed by atoms with van der Waals surface area (Å²) in [5.74, 6) is 1.45. The number of ether oxygens (including phenoxy) is 3. The van der Waals surface area contributed by atoms with Gasteiger partial charge in [0.25, 0.3) is 5.91 Å². The molecule has 1 aliphatic rings. The van der Waals surface area contributed by atoms with Crippen molar-refractivity contribution >= 4 is 27.5 Å². The summed E-state index contributed by atoms with van der Waals surface area (Å²) >= 11 is 1.59. The van der Waals surface area contributed by atoms with E-state index in [4.69, 9.17) is 14.2 Å². The maximum absolute atomic E-state index is 12.9. The van der Waals surface area contributed by atoms with Gasteiger partial charge in [-0.1, -0.05) is 12.1 Å². The van der Waals surface area contributed by atoms with Crippen LogP contribution in [0.2, 0.25) is 0 Å². The van der Waals surface area contributed by atoms with Crippen molar-refractivity contribution < 1.29 is 19.0 Å². The van der Waals surface area contributed by atoms with Crippen molar-refractivity contribution in [2.24, 2.45) is 0 Å². The molecule has 0 fully saturated rings. The molecule has 2 heterocycles. The molecule has 1 aliphatic heterocycles. The van der Waals surface area contributed by atoms with E-state index >= 15 is 0 Å². The molecular weight excluding hydrogens is 352 g/mol. The maximum atomic E-state index is 12.9. The Morgan fingerprint density at radius 1 is 1.27 bits per heavy atom. The first-order chi connectivity index (χ1) is 12.7. The largest absolute Gasteiger partial charge is 0.493 e. The van der Waals surface area contributed by atoms with Gasteiger partial charge in [0.2, 0.25) is 5.75 Å². The van der Waals surface area contributed by atoms with Gasteiger partial charge in [0.15, 0.2) is 11.5 Å². The fraction of sp³-hybridized carbons (Fsp3) is 0.263. The molecule has 26 heavy (non-hydrogen) atoms. The number of para-hydroxylation sites is 1. The van der Waals surface area contributed by atoms with E-state index in [1.165, 1.54) is 0 Å². The van der Waals surface area contributed by atoms with Gasteiger partial charge in [-0.25, -0.2) is 4.98 Å². The minimum atomic E-state index is -0.125. The van der Waals surface area contributed by atoms with E-state index in [1.807, 2.05) is 24.3 Å². The Kier molecular flexibility index (Phi) is 4.38. The number of carbonyl (C=O) groups is 1. The summed E-state index contributed by atoms with van der Waals surface area (Å²) in [6, 6.07) is 11.3. The van der Waals surface area contributed by atoms with Crippen LogP contribution in [0, 0.1) is 0 Å². The molecule has 0 N–H and O–H groups in total. The molecule has 0 bridgehead atoms. The molecule has 134 valence electrons. The van der Waals surface area contributed by atoms with Crippen LogP contribution < -0.4 is 14.2 Å². The number of thiazole rings is 1. The highest BCUT2D eigenvalue weighted by molar-refractivity contribution is 7.18. The Morgan fingerprint density at radius 2 is 2.08 bits per heavy atom. The highest BCUT2D eigenvalue weighted by Gasteiger charge is 2.23. The van der Waals surface area contributed by atoms with Gasteiger partial charge in [-0.05, 0) is 24.3 Å². The fourth-order valence-corrected chi connectivity index (χ4v) is 3.90. The zero-order chi connectivity index (χ0) is 18.1. The molecule has 2 aromatic carbocycles. The van der Waals surface area contributed by atoms with Crippen LogP contribution in [0.25, 0.3) is 10.2 Å². The molecule has 0 spiro atoms. The number of hydrogen-bond donors (Lipinski definition) is 0. The average molecular weight is 370 g/mol. The molecule has 0 unspecified atom stereocenters. The second-order valence-corrected chi connectivity index (χ2v) is 7.05. The predicted molar refractivity (Wildman–Crippen MR) is 99.4 cm³/mol. The Morgan fingerprint density at radius 3 is 2.88 bits per heavy atom. The van der Waals surface area contributed by atoms with Gasteiger partial charge in [0.1, 0.15) is 18.2 Å². The van der Waals surface area contributed by atoms with Crippen molar-refractivity contribution in [2.45, 2.75) is 6.54 Å². The molecule has 3 aromatic rings. The number of fused-ring (bicyclic) bond motifs is 2. The first-order valence-corrected chi connectivity index (χ1v) is 9.05. The molecule has 7 heteroatoms. The average Bonchev–Trinajstić information content (AvgIpc) is 3.08. The fourth-order valence-electron chi connectivity index (χ4n) is 2.88. The topological polar surface area (TPSA) is 60.9 Å². The standard InChI is InChI=1S/C19H18N2O4S/c1-21(11-17-20-13-5-3-4-6-16(13)26-17)19(22)12-9-14(23-2)18-15(10-12)24-7-8-25-18/h3-6,9-10H,7-8,11H2,1-2H3. The van der Waals surface area contributed by atoms with Crippen molar-refractivity contribution in [1.82, 2.24) is 9.88 Å². The van der Waals surface area contributed by atoms with E-state index in [0.717, 1.165) is 15.2 Å². The molecule has 1 amide bonds. The van der Waals surface area contributed by atoms with Crippen LogP contribution in [0.1, 0.15) is 15.4 Å². The van der Waals surface area contributed by atoms with E-state index in [0.29, 0.717) is 42.6 Å². The highest BCUT2D eigenvalue weighted by Crippen LogP contribution is 2.40. The van der Waals surface area contributed by atoms with E-state index in [9.17, 15) is 4.79 Å². The second-order valence-electron chi connectivity index (χ2n) is 5.94. The first kappa shape index (κ1) is 16.7. The third kappa shape index (κ3) is 3.06. The number of carbonyl (C=O) groups excluding carboxylic acids is 1. The monoisotopic (exact) mass is 370 g/mol. The summed E-state index contributed by atoms with van der Waals surface area (Å²) in [4.78, 5) is 19.1. The van der Waals surface area contributed by atoms with Crippen molar-refractivity contribution in [3.8, 4) is 17.2 Å². The van der Waals surface area contributed by atoms with Gasteiger partial charge in [-0.2, -0.15) is 0 Å². The Labute approximate surface area is 154 Å². The predicted octanol–water partition coefficient (Wildman–Crippen LogP) is 3.35. The quantitative estimate of drug-likeness (QED) is 0.705. The lowest BCUT2D eigenvalue weighted by molar-refractivity contribution is 0.0783. The molecule has 0 saturated carbocycles. The molecule has 0 aliphatic carbocycles. The lowest BCUT2D eigenvalue weighted by atomic mass is 10.1. The van der Waals surface area contributed by atoms with Crippen LogP contribution in [0.5, 0.6) is 17.2 Å². The highest BCUT2D eigenvalue weighted by atomic mass is 32.1. The molecule has 4 rings (SSSR count). The molecule has 1 aromatic heterocycles. The minimum Gasteiger partial charge on any atom is -0.493 e. The number of amides is 1. The minimum absolute atomic E-state index is 0.125.